The van der Waals surface area contributed by atoms with Crippen molar-refractivity contribution in [3.05, 3.63) is 17.0 Å². The Bertz CT molecular complexity index is 368. The molecule has 1 unspecified atom stereocenters. The second-order valence-corrected chi connectivity index (χ2v) is 4.48. The van der Waals surface area contributed by atoms with Gasteiger partial charge >= 0.3 is 0 Å². The Kier molecular flexibility index (Phi) is 4.69. The van der Waals surface area contributed by atoms with E-state index in [1.807, 2.05) is 20.8 Å². The summed E-state index contributed by atoms with van der Waals surface area (Å²) in [4.78, 5) is 13.7. The molecule has 0 saturated carbocycles. The van der Waals surface area contributed by atoms with Gasteiger partial charge in [-0.05, 0) is 26.8 Å². The molecule has 1 aromatic heterocycles. The molecule has 1 aromatic rings. The first-order valence-electron chi connectivity index (χ1n) is 5.84. The van der Waals surface area contributed by atoms with Crippen LogP contribution in [0.15, 0.2) is 4.52 Å². The van der Waals surface area contributed by atoms with Crippen LogP contribution in [-0.2, 0) is 11.3 Å². The van der Waals surface area contributed by atoms with Gasteiger partial charge in [0.15, 0.2) is 0 Å². The molecule has 5 heteroatoms. The second kappa shape index (κ2) is 5.82. The van der Waals surface area contributed by atoms with E-state index in [4.69, 9.17) is 10.3 Å². The van der Waals surface area contributed by atoms with Crippen molar-refractivity contribution in [1.29, 1.82) is 0 Å². The molecule has 0 fully saturated rings. The van der Waals surface area contributed by atoms with E-state index in [1.165, 1.54) is 0 Å². The van der Waals surface area contributed by atoms with E-state index in [9.17, 15) is 4.79 Å². The molecule has 17 heavy (non-hydrogen) atoms. The molecule has 1 atom stereocenters. The van der Waals surface area contributed by atoms with E-state index in [2.05, 4.69) is 5.16 Å². The minimum absolute atomic E-state index is 0.0366. The van der Waals surface area contributed by atoms with Crippen molar-refractivity contribution in [1.82, 2.24) is 10.1 Å². The fraction of sp³-hybridized carbons (Fsp3) is 0.667. The molecular formula is C12H21N3O2. The molecule has 2 N–H and O–H groups in total. The molecule has 0 aliphatic carbocycles. The Morgan fingerprint density at radius 3 is 2.65 bits per heavy atom. The van der Waals surface area contributed by atoms with Gasteiger partial charge < -0.3 is 15.2 Å². The Morgan fingerprint density at radius 2 is 2.18 bits per heavy atom. The maximum Gasteiger partial charge on any atom is 0.225 e. The summed E-state index contributed by atoms with van der Waals surface area (Å²) in [5.41, 5.74) is 7.28. The van der Waals surface area contributed by atoms with Crippen LogP contribution in [0.4, 0.5) is 0 Å². The molecule has 1 heterocycles. The summed E-state index contributed by atoms with van der Waals surface area (Å²) in [6.07, 6.45) is 0.713. The summed E-state index contributed by atoms with van der Waals surface area (Å²) in [6, 6.07) is 0. The first-order chi connectivity index (χ1) is 7.97. The molecule has 0 radical (unpaired) electrons. The average Bonchev–Trinajstić information content (AvgIpc) is 2.60. The van der Waals surface area contributed by atoms with Crippen LogP contribution in [0, 0.1) is 19.8 Å². The largest absolute Gasteiger partial charge is 0.361 e. The van der Waals surface area contributed by atoms with Gasteiger partial charge in [0.05, 0.1) is 12.2 Å². The molecule has 1 amide bonds. The Labute approximate surface area is 102 Å². The normalized spacial score (nSPS) is 12.5. The number of hydrogen-bond donors (Lipinski definition) is 1. The summed E-state index contributed by atoms with van der Waals surface area (Å²) in [5, 5.41) is 3.88. The highest BCUT2D eigenvalue weighted by Crippen LogP contribution is 2.16. The quantitative estimate of drug-likeness (QED) is 0.839. The second-order valence-electron chi connectivity index (χ2n) is 4.48. The number of nitrogens with two attached hydrogens (primary N) is 1. The molecule has 0 bridgehead atoms. The van der Waals surface area contributed by atoms with Crippen LogP contribution in [0.1, 0.15) is 30.4 Å². The maximum atomic E-state index is 12.0. The van der Waals surface area contributed by atoms with Crippen molar-refractivity contribution in [3.63, 3.8) is 0 Å². The molecule has 1 rings (SSSR count). The number of nitrogens with zero attached hydrogens (tertiary/aromatic N) is 2. The van der Waals surface area contributed by atoms with Crippen LogP contribution in [0.3, 0.4) is 0 Å². The zero-order valence-electron chi connectivity index (χ0n) is 11.0. The highest BCUT2D eigenvalue weighted by atomic mass is 16.5. The standard InChI is InChI=1S/C12H21N3O2/c1-8(5-6-13)12(16)15(4)7-11-9(2)14-17-10(11)3/h8H,5-7,13H2,1-4H3. The van der Waals surface area contributed by atoms with E-state index in [-0.39, 0.29) is 11.8 Å². The number of hydrogen-bond acceptors (Lipinski definition) is 4. The molecule has 96 valence electrons. The van der Waals surface area contributed by atoms with Crippen molar-refractivity contribution >= 4 is 5.91 Å². The van der Waals surface area contributed by atoms with Gasteiger partial charge in [0.25, 0.3) is 0 Å². The molecule has 0 aliphatic heterocycles. The van der Waals surface area contributed by atoms with E-state index < -0.39 is 0 Å². The summed E-state index contributed by atoms with van der Waals surface area (Å²) in [6.45, 7) is 6.71. The van der Waals surface area contributed by atoms with Crippen molar-refractivity contribution in [2.24, 2.45) is 11.7 Å². The van der Waals surface area contributed by atoms with E-state index >= 15 is 0 Å². The smallest absolute Gasteiger partial charge is 0.225 e. The van der Waals surface area contributed by atoms with Gasteiger partial charge in [-0.15, -0.1) is 0 Å². The fourth-order valence-corrected chi connectivity index (χ4v) is 1.79. The highest BCUT2D eigenvalue weighted by molar-refractivity contribution is 5.78. The van der Waals surface area contributed by atoms with Crippen LogP contribution in [-0.4, -0.2) is 29.6 Å². The highest BCUT2D eigenvalue weighted by Gasteiger charge is 2.19. The van der Waals surface area contributed by atoms with E-state index in [0.717, 1.165) is 17.0 Å². The maximum absolute atomic E-state index is 12.0. The van der Waals surface area contributed by atoms with E-state index in [1.54, 1.807) is 11.9 Å². The third-order valence-electron chi connectivity index (χ3n) is 2.97. The number of aromatic nitrogens is 1. The van der Waals surface area contributed by atoms with E-state index in [0.29, 0.717) is 19.5 Å². The Balaban J connectivity index is 2.66. The zero-order chi connectivity index (χ0) is 13.0. The van der Waals surface area contributed by atoms with Crippen molar-refractivity contribution in [3.8, 4) is 0 Å². The Morgan fingerprint density at radius 1 is 1.53 bits per heavy atom. The van der Waals surface area contributed by atoms with Gasteiger partial charge in [0.1, 0.15) is 5.76 Å². The van der Waals surface area contributed by atoms with Gasteiger partial charge in [-0.3, -0.25) is 4.79 Å². The SMILES string of the molecule is Cc1noc(C)c1CN(C)C(=O)C(C)CCN. The minimum Gasteiger partial charge on any atom is -0.361 e. The molecule has 0 aromatic carbocycles. The lowest BCUT2D eigenvalue weighted by Crippen LogP contribution is -2.32. The monoisotopic (exact) mass is 239 g/mol. The van der Waals surface area contributed by atoms with Crippen LogP contribution in [0.2, 0.25) is 0 Å². The fourth-order valence-electron chi connectivity index (χ4n) is 1.79. The lowest BCUT2D eigenvalue weighted by atomic mass is 10.1. The number of carbonyl (C=O) groups is 1. The van der Waals surface area contributed by atoms with Gasteiger partial charge in [0.2, 0.25) is 5.91 Å². The first-order valence-corrected chi connectivity index (χ1v) is 5.84. The predicted molar refractivity (Wildman–Crippen MR) is 65.3 cm³/mol. The Hall–Kier alpha value is -1.36. The van der Waals surface area contributed by atoms with Gasteiger partial charge in [0, 0.05) is 18.5 Å². The minimum atomic E-state index is -0.0366. The third kappa shape index (κ3) is 3.30. The molecule has 0 saturated heterocycles. The van der Waals surface area contributed by atoms with Crippen molar-refractivity contribution in [2.75, 3.05) is 13.6 Å². The zero-order valence-corrected chi connectivity index (χ0v) is 11.0. The van der Waals surface area contributed by atoms with Gasteiger partial charge in [-0.1, -0.05) is 12.1 Å². The van der Waals surface area contributed by atoms with Crippen molar-refractivity contribution in [2.45, 2.75) is 33.7 Å². The van der Waals surface area contributed by atoms with Crippen LogP contribution < -0.4 is 5.73 Å². The molecule has 0 spiro atoms. The van der Waals surface area contributed by atoms with Crippen LogP contribution in [0.25, 0.3) is 0 Å². The summed E-state index contributed by atoms with van der Waals surface area (Å²) in [5.74, 6) is 0.842. The first kappa shape index (κ1) is 13.7. The third-order valence-corrected chi connectivity index (χ3v) is 2.97. The number of amides is 1. The summed E-state index contributed by atoms with van der Waals surface area (Å²) < 4.78 is 5.08. The molecule has 5 nitrogen and oxygen atoms in total. The summed E-state index contributed by atoms with van der Waals surface area (Å²) >= 11 is 0. The number of carbonyl (C=O) groups excluding carboxylic acids is 1. The lowest BCUT2D eigenvalue weighted by Gasteiger charge is -2.21. The van der Waals surface area contributed by atoms with Crippen LogP contribution in [0.5, 0.6) is 0 Å². The van der Waals surface area contributed by atoms with Gasteiger partial charge in [-0.2, -0.15) is 0 Å². The van der Waals surface area contributed by atoms with Crippen LogP contribution >= 0.6 is 0 Å². The predicted octanol–water partition coefficient (Wildman–Crippen LogP) is 1.23. The number of rotatable bonds is 5. The molecule has 0 aliphatic rings. The average molecular weight is 239 g/mol. The lowest BCUT2D eigenvalue weighted by molar-refractivity contribution is -0.134. The summed E-state index contributed by atoms with van der Waals surface area (Å²) in [7, 11) is 1.79. The topological polar surface area (TPSA) is 72.4 Å². The number of aryl methyl sites for hydroxylation is 2. The molecular weight excluding hydrogens is 218 g/mol. The van der Waals surface area contributed by atoms with Gasteiger partial charge in [-0.25, -0.2) is 0 Å². The van der Waals surface area contributed by atoms with Crippen molar-refractivity contribution < 1.29 is 9.32 Å².